The van der Waals surface area contributed by atoms with Crippen molar-refractivity contribution < 1.29 is 14.3 Å². The van der Waals surface area contributed by atoms with E-state index < -0.39 is 24.3 Å². The van der Waals surface area contributed by atoms with Crippen molar-refractivity contribution >= 4 is 51.1 Å². The van der Waals surface area contributed by atoms with Gasteiger partial charge in [0.05, 0.1) is 0 Å². The predicted octanol–water partition coefficient (Wildman–Crippen LogP) is 2.03. The molecule has 1 aromatic rings. The van der Waals surface area contributed by atoms with Gasteiger partial charge in [0.25, 0.3) is 0 Å². The molecule has 104 valence electrons. The van der Waals surface area contributed by atoms with Crippen molar-refractivity contribution in [3.05, 3.63) is 16.9 Å². The SMILES string of the molecule is COC(=O)c1ncc(Cl)c(NC(C)=O)[c]1[Sn]([CH3])([CH3])[CH3]. The second kappa shape index (κ2) is 6.09. The van der Waals surface area contributed by atoms with Gasteiger partial charge in [-0.3, -0.25) is 0 Å². The predicted molar refractivity (Wildman–Crippen MR) is 77.9 cm³/mol. The summed E-state index contributed by atoms with van der Waals surface area (Å²) in [5.74, 6) is -0.745. The van der Waals surface area contributed by atoms with Gasteiger partial charge in [-0.05, 0) is 0 Å². The van der Waals surface area contributed by atoms with E-state index in [1.54, 1.807) is 0 Å². The summed E-state index contributed by atoms with van der Waals surface area (Å²) in [6.45, 7) is 1.40. The molecule has 0 atom stereocenters. The van der Waals surface area contributed by atoms with Gasteiger partial charge in [0.2, 0.25) is 0 Å². The Labute approximate surface area is 121 Å². The van der Waals surface area contributed by atoms with Crippen LogP contribution in [0, 0.1) is 0 Å². The third-order valence-electron chi connectivity index (χ3n) is 2.46. The number of amides is 1. The van der Waals surface area contributed by atoms with Crippen LogP contribution in [0.5, 0.6) is 0 Å². The van der Waals surface area contributed by atoms with Crippen molar-refractivity contribution in [2.24, 2.45) is 0 Å². The van der Waals surface area contributed by atoms with E-state index in [0.717, 1.165) is 3.58 Å². The minimum absolute atomic E-state index is 0.235. The number of hydrogen-bond donors (Lipinski definition) is 1. The molecule has 0 aliphatic carbocycles. The van der Waals surface area contributed by atoms with Crippen LogP contribution in [0.4, 0.5) is 5.69 Å². The third kappa shape index (κ3) is 3.82. The first-order chi connectivity index (χ1) is 8.68. The van der Waals surface area contributed by atoms with Crippen LogP contribution < -0.4 is 8.90 Å². The van der Waals surface area contributed by atoms with E-state index in [1.807, 2.05) is 0 Å². The van der Waals surface area contributed by atoms with E-state index in [2.05, 4.69) is 25.1 Å². The molecular weight excluding hydrogens is 374 g/mol. The Morgan fingerprint density at radius 1 is 1.37 bits per heavy atom. The number of anilines is 1. The molecule has 0 fully saturated rings. The Morgan fingerprint density at radius 3 is 2.37 bits per heavy atom. The number of halogens is 1. The van der Waals surface area contributed by atoms with E-state index in [9.17, 15) is 9.59 Å². The van der Waals surface area contributed by atoms with E-state index >= 15 is 0 Å². The van der Waals surface area contributed by atoms with Crippen LogP contribution in [0.25, 0.3) is 0 Å². The molecule has 1 heterocycles. The van der Waals surface area contributed by atoms with Crippen LogP contribution in [0.2, 0.25) is 19.8 Å². The normalized spacial score (nSPS) is 11.1. The number of aromatic nitrogens is 1. The number of esters is 1. The number of pyridine rings is 1. The zero-order valence-electron chi connectivity index (χ0n) is 11.6. The summed E-state index contributed by atoms with van der Waals surface area (Å²) < 4.78 is 5.52. The monoisotopic (exact) mass is 392 g/mol. The maximum atomic E-state index is 11.8. The molecule has 7 heteroatoms. The standard InChI is InChI=1S/C9H8ClN2O3.3CH3.Sn/c1-5(13)12-7-3-8(9(14)15-2)11-4-6(7)10;;;;/h4H,1-2H3,(H,11,12,13);3*1H3;. The molecule has 5 nitrogen and oxygen atoms in total. The second-order valence-corrected chi connectivity index (χ2v) is 19.8. The molecule has 0 bridgehead atoms. The van der Waals surface area contributed by atoms with Crippen LogP contribution in [0.3, 0.4) is 0 Å². The molecule has 0 saturated heterocycles. The van der Waals surface area contributed by atoms with Crippen molar-refractivity contribution in [1.29, 1.82) is 0 Å². The van der Waals surface area contributed by atoms with Gasteiger partial charge in [0.1, 0.15) is 0 Å². The fourth-order valence-corrected chi connectivity index (χ4v) is 7.39. The molecule has 0 aliphatic heterocycles. The van der Waals surface area contributed by atoms with Crippen molar-refractivity contribution in [1.82, 2.24) is 4.98 Å². The van der Waals surface area contributed by atoms with Gasteiger partial charge in [0, 0.05) is 0 Å². The number of methoxy groups -OCH3 is 1. The van der Waals surface area contributed by atoms with Crippen LogP contribution in [0.1, 0.15) is 17.4 Å². The van der Waals surface area contributed by atoms with E-state index in [0.29, 0.717) is 10.7 Å². The topological polar surface area (TPSA) is 68.3 Å². The van der Waals surface area contributed by atoms with Gasteiger partial charge in [-0.2, -0.15) is 0 Å². The third-order valence-corrected chi connectivity index (χ3v) is 8.42. The quantitative estimate of drug-likeness (QED) is 0.632. The summed E-state index contributed by atoms with van der Waals surface area (Å²) in [5.41, 5.74) is 0.742. The number of carbonyl (C=O) groups is 2. The Hall–Kier alpha value is -0.821. The Morgan fingerprint density at radius 2 is 1.95 bits per heavy atom. The number of ether oxygens (including phenoxy) is 1. The molecule has 1 N–H and O–H groups in total. The summed E-state index contributed by atoms with van der Waals surface area (Å²) in [5, 5.41) is 3.04. The average molecular weight is 391 g/mol. The molecule has 1 amide bonds. The van der Waals surface area contributed by atoms with Gasteiger partial charge in [0.15, 0.2) is 0 Å². The van der Waals surface area contributed by atoms with E-state index in [1.165, 1.54) is 20.2 Å². The molecule has 0 spiro atoms. The summed E-state index contributed by atoms with van der Waals surface area (Å²) >= 11 is 3.36. The zero-order valence-corrected chi connectivity index (χ0v) is 15.2. The van der Waals surface area contributed by atoms with Crippen molar-refractivity contribution in [3.63, 3.8) is 0 Å². The maximum absolute atomic E-state index is 11.8. The summed E-state index contributed by atoms with van der Waals surface area (Å²) in [7, 11) is 1.30. The Balaban J connectivity index is 3.60. The number of nitrogens with one attached hydrogen (secondary N) is 1. The first kappa shape index (κ1) is 16.2. The fraction of sp³-hybridized carbons (Fsp3) is 0.417. The van der Waals surface area contributed by atoms with Crippen LogP contribution in [0.15, 0.2) is 6.20 Å². The summed E-state index contributed by atoms with van der Waals surface area (Å²) in [4.78, 5) is 33.5. The second-order valence-electron chi connectivity index (χ2n) is 5.13. The van der Waals surface area contributed by atoms with Crippen molar-refractivity contribution in [3.8, 4) is 0 Å². The number of nitrogens with zero attached hydrogens (tertiary/aromatic N) is 1. The van der Waals surface area contributed by atoms with Crippen LogP contribution in [-0.4, -0.2) is 42.3 Å². The molecule has 0 aliphatic rings. The Kier molecular flexibility index (Phi) is 5.20. The zero-order chi connectivity index (χ0) is 14.8. The molecule has 0 unspecified atom stereocenters. The molecular formula is C12H17ClN2O3Sn. The molecule has 19 heavy (non-hydrogen) atoms. The molecule has 1 rings (SSSR count). The van der Waals surface area contributed by atoms with Crippen LogP contribution >= 0.6 is 11.6 Å². The first-order valence-corrected chi connectivity index (χ1v) is 16.1. The van der Waals surface area contributed by atoms with Crippen molar-refractivity contribution in [2.75, 3.05) is 12.4 Å². The Bertz CT molecular complexity index is 526. The van der Waals surface area contributed by atoms with Gasteiger partial charge >= 0.3 is 122 Å². The molecule has 1 aromatic heterocycles. The first-order valence-electron chi connectivity index (χ1n) is 5.73. The number of carbonyl (C=O) groups excluding carboxylic acids is 2. The van der Waals surface area contributed by atoms with Gasteiger partial charge in [-0.15, -0.1) is 0 Å². The van der Waals surface area contributed by atoms with Gasteiger partial charge in [-0.25, -0.2) is 0 Å². The van der Waals surface area contributed by atoms with E-state index in [4.69, 9.17) is 16.3 Å². The number of hydrogen-bond acceptors (Lipinski definition) is 4. The summed E-state index contributed by atoms with van der Waals surface area (Å²) in [6, 6.07) is 0. The molecule has 0 aromatic carbocycles. The fourth-order valence-electron chi connectivity index (χ4n) is 1.77. The van der Waals surface area contributed by atoms with Gasteiger partial charge in [-0.1, -0.05) is 0 Å². The summed E-state index contributed by atoms with van der Waals surface area (Å²) in [6.07, 6.45) is 1.36. The molecule has 0 saturated carbocycles. The van der Waals surface area contributed by atoms with Gasteiger partial charge < -0.3 is 0 Å². The minimum atomic E-state index is -2.75. The average Bonchev–Trinajstić information content (AvgIpc) is 2.28. The van der Waals surface area contributed by atoms with E-state index in [-0.39, 0.29) is 11.6 Å². The van der Waals surface area contributed by atoms with Crippen molar-refractivity contribution in [2.45, 2.75) is 21.7 Å². The molecule has 0 radical (unpaired) electrons. The van der Waals surface area contributed by atoms with Crippen LogP contribution in [-0.2, 0) is 9.53 Å². The number of rotatable bonds is 3.